The van der Waals surface area contributed by atoms with Gasteiger partial charge in [0.15, 0.2) is 5.75 Å². The van der Waals surface area contributed by atoms with Gasteiger partial charge in [0.25, 0.3) is 0 Å². The lowest BCUT2D eigenvalue weighted by atomic mass is 10.0. The topological polar surface area (TPSA) is 102 Å². The molecule has 1 saturated heterocycles. The molecule has 1 aliphatic heterocycles. The van der Waals surface area contributed by atoms with E-state index in [9.17, 15) is 4.39 Å². The molecule has 2 fully saturated rings. The summed E-state index contributed by atoms with van der Waals surface area (Å²) >= 11 is 0. The highest BCUT2D eigenvalue weighted by atomic mass is 19.1. The van der Waals surface area contributed by atoms with E-state index in [4.69, 9.17) is 20.4 Å². The Morgan fingerprint density at radius 2 is 1.97 bits per heavy atom. The first kappa shape index (κ1) is 19.4. The molecule has 164 valence electrons. The fraction of sp³-hybridized carbons (Fsp3) is 0.391. The summed E-state index contributed by atoms with van der Waals surface area (Å²) in [5.41, 5.74) is 10.4. The van der Waals surface area contributed by atoms with Gasteiger partial charge in [0.05, 0.1) is 18.1 Å². The first-order valence-corrected chi connectivity index (χ1v) is 11.0. The van der Waals surface area contributed by atoms with Crippen molar-refractivity contribution >= 4 is 11.5 Å². The van der Waals surface area contributed by atoms with Gasteiger partial charge < -0.3 is 20.7 Å². The monoisotopic (exact) mass is 433 g/mol. The van der Waals surface area contributed by atoms with Crippen molar-refractivity contribution in [1.29, 1.82) is 0 Å². The lowest BCUT2D eigenvalue weighted by Gasteiger charge is -2.21. The van der Waals surface area contributed by atoms with Crippen LogP contribution in [0.1, 0.15) is 42.3 Å². The summed E-state index contributed by atoms with van der Waals surface area (Å²) in [7, 11) is 1.80. The summed E-state index contributed by atoms with van der Waals surface area (Å²) in [6.07, 6.45) is 7.08. The van der Waals surface area contributed by atoms with E-state index in [-0.39, 0.29) is 17.9 Å². The SMILES string of the molecule is CNc1cc(F)cc2c1Cc1nc(Oc3cnc(C4CC4)nc3)nc(N3CC[C@H](N)C3)c1-2. The van der Waals surface area contributed by atoms with E-state index >= 15 is 0 Å². The van der Waals surface area contributed by atoms with Crippen molar-refractivity contribution in [2.24, 2.45) is 5.73 Å². The van der Waals surface area contributed by atoms with Gasteiger partial charge in [0.1, 0.15) is 17.5 Å². The predicted octanol–water partition coefficient (Wildman–Crippen LogP) is 3.23. The Bertz CT molecular complexity index is 1200. The molecule has 1 saturated carbocycles. The zero-order chi connectivity index (χ0) is 21.8. The zero-order valence-corrected chi connectivity index (χ0v) is 17.8. The van der Waals surface area contributed by atoms with E-state index in [1.807, 2.05) is 0 Å². The highest BCUT2D eigenvalue weighted by Crippen LogP contribution is 2.46. The van der Waals surface area contributed by atoms with Gasteiger partial charge in [-0.2, -0.15) is 9.97 Å². The largest absolute Gasteiger partial charge is 0.421 e. The highest BCUT2D eigenvalue weighted by molar-refractivity contribution is 5.88. The molecule has 0 radical (unpaired) electrons. The summed E-state index contributed by atoms with van der Waals surface area (Å²) in [6, 6.07) is 3.39. The van der Waals surface area contributed by atoms with Crippen LogP contribution in [-0.2, 0) is 6.42 Å². The van der Waals surface area contributed by atoms with Crippen molar-refractivity contribution in [1.82, 2.24) is 19.9 Å². The fourth-order valence-electron chi connectivity index (χ4n) is 4.61. The summed E-state index contributed by atoms with van der Waals surface area (Å²) in [5, 5.41) is 3.10. The number of nitrogens with one attached hydrogen (secondary N) is 1. The number of anilines is 2. The minimum atomic E-state index is -0.293. The standard InChI is InChI=1S/C23H24FN7O/c1-26-18-7-13(24)6-17-16(18)8-19-20(17)22(31-5-4-14(25)11-31)30-23(29-19)32-15-9-27-21(28-10-15)12-2-3-12/h6-7,9-10,12,14,26H,2-5,8,11,25H2,1H3/t14-/m0/s1. The fourth-order valence-corrected chi connectivity index (χ4v) is 4.61. The van der Waals surface area contributed by atoms with Gasteiger partial charge in [-0.15, -0.1) is 0 Å². The maximum absolute atomic E-state index is 14.4. The molecule has 2 aliphatic carbocycles. The normalized spacial score (nSPS) is 19.1. The molecule has 8 nitrogen and oxygen atoms in total. The molecule has 6 rings (SSSR count). The van der Waals surface area contributed by atoms with Gasteiger partial charge in [-0.05, 0) is 42.5 Å². The van der Waals surface area contributed by atoms with Crippen molar-refractivity contribution in [3.63, 3.8) is 0 Å². The molecular weight excluding hydrogens is 409 g/mol. The first-order valence-electron chi connectivity index (χ1n) is 11.0. The average Bonchev–Trinajstić information content (AvgIpc) is 3.45. The van der Waals surface area contributed by atoms with Crippen LogP contribution in [0.5, 0.6) is 11.8 Å². The smallest absolute Gasteiger partial charge is 0.324 e. The van der Waals surface area contributed by atoms with Crippen molar-refractivity contribution in [3.05, 3.63) is 47.4 Å². The number of hydrogen-bond donors (Lipinski definition) is 2. The van der Waals surface area contributed by atoms with Crippen LogP contribution in [0.15, 0.2) is 24.5 Å². The Morgan fingerprint density at radius 3 is 2.66 bits per heavy atom. The van der Waals surface area contributed by atoms with Crippen LogP contribution in [0.25, 0.3) is 11.1 Å². The van der Waals surface area contributed by atoms with Crippen molar-refractivity contribution < 1.29 is 9.13 Å². The van der Waals surface area contributed by atoms with Crippen LogP contribution < -0.4 is 20.7 Å². The quantitative estimate of drug-likeness (QED) is 0.495. The van der Waals surface area contributed by atoms with Crippen LogP contribution in [0, 0.1) is 5.82 Å². The molecule has 1 atom stereocenters. The Balaban J connectivity index is 1.41. The number of hydrogen-bond acceptors (Lipinski definition) is 8. The van der Waals surface area contributed by atoms with Gasteiger partial charge in [0.2, 0.25) is 0 Å². The van der Waals surface area contributed by atoms with Gasteiger partial charge in [0, 0.05) is 49.8 Å². The van der Waals surface area contributed by atoms with E-state index in [0.717, 1.165) is 65.5 Å². The number of fused-ring (bicyclic) bond motifs is 3. The Kier molecular flexibility index (Phi) is 4.46. The Morgan fingerprint density at radius 1 is 1.16 bits per heavy atom. The van der Waals surface area contributed by atoms with E-state index < -0.39 is 0 Å². The second-order valence-electron chi connectivity index (χ2n) is 8.71. The molecule has 3 N–H and O–H groups in total. The maximum Gasteiger partial charge on any atom is 0.324 e. The van der Waals surface area contributed by atoms with E-state index in [0.29, 0.717) is 24.6 Å². The number of nitrogens with zero attached hydrogens (tertiary/aromatic N) is 5. The maximum atomic E-state index is 14.4. The van der Waals surface area contributed by atoms with Gasteiger partial charge >= 0.3 is 6.01 Å². The molecule has 32 heavy (non-hydrogen) atoms. The summed E-state index contributed by atoms with van der Waals surface area (Å²) < 4.78 is 20.4. The third kappa shape index (κ3) is 3.33. The van der Waals surface area contributed by atoms with E-state index in [1.54, 1.807) is 25.5 Å². The van der Waals surface area contributed by atoms with E-state index in [2.05, 4.69) is 20.2 Å². The summed E-state index contributed by atoms with van der Waals surface area (Å²) in [6.45, 7) is 1.47. The highest BCUT2D eigenvalue weighted by Gasteiger charge is 2.33. The molecule has 3 heterocycles. The van der Waals surface area contributed by atoms with Gasteiger partial charge in [-0.25, -0.2) is 14.4 Å². The number of ether oxygens (including phenoxy) is 1. The number of benzene rings is 1. The predicted molar refractivity (Wildman–Crippen MR) is 119 cm³/mol. The number of rotatable bonds is 5. The molecule has 1 aromatic carbocycles. The first-order chi connectivity index (χ1) is 15.6. The van der Waals surface area contributed by atoms with Crippen molar-refractivity contribution in [3.8, 4) is 22.9 Å². The molecule has 0 amide bonds. The number of nitrogens with two attached hydrogens (primary N) is 1. The third-order valence-electron chi connectivity index (χ3n) is 6.37. The van der Waals surface area contributed by atoms with Gasteiger partial charge in [-0.1, -0.05) is 0 Å². The lowest BCUT2D eigenvalue weighted by molar-refractivity contribution is 0.435. The molecule has 0 spiro atoms. The minimum absolute atomic E-state index is 0.0783. The van der Waals surface area contributed by atoms with Crippen LogP contribution in [0.3, 0.4) is 0 Å². The molecular formula is C23H24FN7O. The minimum Gasteiger partial charge on any atom is -0.421 e. The zero-order valence-electron chi connectivity index (χ0n) is 17.8. The van der Waals surface area contributed by atoms with Crippen LogP contribution in [-0.4, -0.2) is 46.1 Å². The molecule has 0 bridgehead atoms. The molecule has 0 unspecified atom stereocenters. The molecule has 3 aliphatic rings. The van der Waals surface area contributed by atoms with Gasteiger partial charge in [-0.3, -0.25) is 0 Å². The van der Waals surface area contributed by atoms with Crippen molar-refractivity contribution in [2.75, 3.05) is 30.4 Å². The molecule has 2 aromatic heterocycles. The Labute approximate surface area is 185 Å². The second-order valence-corrected chi connectivity index (χ2v) is 8.71. The van der Waals surface area contributed by atoms with Crippen molar-refractivity contribution in [2.45, 2.75) is 37.6 Å². The van der Waals surface area contributed by atoms with Crippen LogP contribution in [0.2, 0.25) is 0 Å². The summed E-state index contributed by atoms with van der Waals surface area (Å²) in [5.74, 6) is 2.27. The van der Waals surface area contributed by atoms with Crippen LogP contribution >= 0.6 is 0 Å². The molecule has 3 aromatic rings. The third-order valence-corrected chi connectivity index (χ3v) is 6.37. The van der Waals surface area contributed by atoms with Crippen LogP contribution in [0.4, 0.5) is 15.9 Å². The average molecular weight is 433 g/mol. The molecule has 9 heteroatoms. The number of halogens is 1. The summed E-state index contributed by atoms with van der Waals surface area (Å²) in [4.78, 5) is 20.4. The Hall–Kier alpha value is -3.33. The lowest BCUT2D eigenvalue weighted by Crippen LogP contribution is -2.27. The second kappa shape index (κ2) is 7.37. The van der Waals surface area contributed by atoms with E-state index in [1.165, 1.54) is 6.07 Å². The number of aromatic nitrogens is 4.